The van der Waals surface area contributed by atoms with Crippen LogP contribution >= 0.6 is 11.8 Å². The van der Waals surface area contributed by atoms with Gasteiger partial charge in [-0.2, -0.15) is 0 Å². The maximum Gasteiger partial charge on any atom is 0.305 e. The second kappa shape index (κ2) is 8.14. The van der Waals surface area contributed by atoms with Gasteiger partial charge in [-0.1, -0.05) is 18.2 Å². The number of thioether (sulfide) groups is 1. The summed E-state index contributed by atoms with van der Waals surface area (Å²) < 4.78 is 11.1. The Labute approximate surface area is 155 Å². The van der Waals surface area contributed by atoms with Gasteiger partial charge >= 0.3 is 5.97 Å². The molecule has 1 amide bonds. The van der Waals surface area contributed by atoms with E-state index in [0.717, 1.165) is 10.5 Å². The largest absolute Gasteiger partial charge is 0.486 e. The van der Waals surface area contributed by atoms with Crippen LogP contribution in [0.15, 0.2) is 47.4 Å². The minimum atomic E-state index is -0.987. The van der Waals surface area contributed by atoms with Crippen molar-refractivity contribution < 1.29 is 24.2 Å². The van der Waals surface area contributed by atoms with E-state index in [1.807, 2.05) is 30.5 Å². The first-order valence-electron chi connectivity index (χ1n) is 8.13. The lowest BCUT2D eigenvalue weighted by Gasteiger charge is -2.22. The van der Waals surface area contributed by atoms with Crippen LogP contribution in [0.1, 0.15) is 28.4 Å². The van der Waals surface area contributed by atoms with Gasteiger partial charge in [0.15, 0.2) is 11.5 Å². The zero-order valence-electron chi connectivity index (χ0n) is 14.2. The lowest BCUT2D eigenvalue weighted by atomic mass is 10.0. The van der Waals surface area contributed by atoms with Gasteiger partial charge in [-0.15, -0.1) is 11.8 Å². The molecule has 0 aliphatic carbocycles. The second-order valence-electron chi connectivity index (χ2n) is 5.73. The highest BCUT2D eigenvalue weighted by Gasteiger charge is 2.24. The summed E-state index contributed by atoms with van der Waals surface area (Å²) in [7, 11) is 0. The van der Waals surface area contributed by atoms with E-state index in [0.29, 0.717) is 30.3 Å². The SMILES string of the molecule is CSc1ccc(C(CC(=O)O)NC(=O)c2cccc3c2OCCO3)cc1. The zero-order chi connectivity index (χ0) is 18.5. The van der Waals surface area contributed by atoms with E-state index < -0.39 is 17.9 Å². The van der Waals surface area contributed by atoms with Crippen molar-refractivity contribution in [2.24, 2.45) is 0 Å². The van der Waals surface area contributed by atoms with Crippen molar-refractivity contribution in [1.29, 1.82) is 0 Å². The van der Waals surface area contributed by atoms with Gasteiger partial charge in [-0.3, -0.25) is 9.59 Å². The molecule has 2 aromatic carbocycles. The number of carbonyl (C=O) groups is 2. The van der Waals surface area contributed by atoms with Crippen LogP contribution in [0, 0.1) is 0 Å². The van der Waals surface area contributed by atoms with Crippen molar-refractivity contribution >= 4 is 23.6 Å². The lowest BCUT2D eigenvalue weighted by Crippen LogP contribution is -2.31. The summed E-state index contributed by atoms with van der Waals surface area (Å²) in [5, 5.41) is 12.0. The first-order chi connectivity index (χ1) is 12.6. The van der Waals surface area contributed by atoms with Gasteiger partial charge in [0, 0.05) is 4.90 Å². The van der Waals surface area contributed by atoms with Gasteiger partial charge in [-0.25, -0.2) is 0 Å². The third kappa shape index (κ3) is 4.11. The molecular formula is C19H19NO5S. The van der Waals surface area contributed by atoms with Gasteiger partial charge < -0.3 is 19.9 Å². The van der Waals surface area contributed by atoms with Crippen LogP contribution in [0.4, 0.5) is 0 Å². The molecule has 0 radical (unpaired) electrons. The van der Waals surface area contributed by atoms with Crippen LogP contribution < -0.4 is 14.8 Å². The number of rotatable bonds is 6. The molecule has 2 aromatic rings. The van der Waals surface area contributed by atoms with Crippen LogP contribution in [0.2, 0.25) is 0 Å². The van der Waals surface area contributed by atoms with Gasteiger partial charge in [-0.05, 0) is 36.1 Å². The third-order valence-corrected chi connectivity index (χ3v) is 4.76. The van der Waals surface area contributed by atoms with Crippen molar-refractivity contribution in [1.82, 2.24) is 5.32 Å². The van der Waals surface area contributed by atoms with Crippen molar-refractivity contribution in [2.75, 3.05) is 19.5 Å². The van der Waals surface area contributed by atoms with Gasteiger partial charge in [0.1, 0.15) is 13.2 Å². The Kier molecular flexibility index (Phi) is 5.68. The average molecular weight is 373 g/mol. The van der Waals surface area contributed by atoms with E-state index in [1.54, 1.807) is 30.0 Å². The quantitative estimate of drug-likeness (QED) is 0.757. The number of fused-ring (bicyclic) bond motifs is 1. The Hall–Kier alpha value is -2.67. The van der Waals surface area contributed by atoms with Gasteiger partial charge in [0.25, 0.3) is 5.91 Å². The molecule has 1 unspecified atom stereocenters. The number of amides is 1. The normalized spacial score (nSPS) is 13.7. The molecule has 0 fully saturated rings. The van der Waals surface area contributed by atoms with Crippen LogP contribution in [0.5, 0.6) is 11.5 Å². The molecule has 136 valence electrons. The molecule has 1 aliphatic rings. The van der Waals surface area contributed by atoms with Gasteiger partial charge in [0.05, 0.1) is 18.0 Å². The maximum absolute atomic E-state index is 12.8. The number of para-hydroxylation sites is 1. The Morgan fingerprint density at radius 3 is 2.58 bits per heavy atom. The number of benzene rings is 2. The summed E-state index contributed by atoms with van der Waals surface area (Å²) in [6.45, 7) is 0.799. The molecule has 2 N–H and O–H groups in total. The summed E-state index contributed by atoms with van der Waals surface area (Å²) in [6.07, 6.45) is 1.75. The first kappa shape index (κ1) is 18.1. The first-order valence-corrected chi connectivity index (χ1v) is 9.36. The van der Waals surface area contributed by atoms with E-state index in [-0.39, 0.29) is 6.42 Å². The van der Waals surface area contributed by atoms with Crippen LogP contribution in [0.3, 0.4) is 0 Å². The van der Waals surface area contributed by atoms with Crippen molar-refractivity contribution in [3.8, 4) is 11.5 Å². The maximum atomic E-state index is 12.8. The molecule has 0 bridgehead atoms. The number of carboxylic acids is 1. The molecule has 0 aromatic heterocycles. The Morgan fingerprint density at radius 1 is 1.15 bits per heavy atom. The van der Waals surface area contributed by atoms with E-state index >= 15 is 0 Å². The topological polar surface area (TPSA) is 84.9 Å². The van der Waals surface area contributed by atoms with Crippen LogP contribution in [-0.2, 0) is 4.79 Å². The molecule has 1 aliphatic heterocycles. The number of ether oxygens (including phenoxy) is 2. The van der Waals surface area contributed by atoms with Crippen LogP contribution in [0.25, 0.3) is 0 Å². The minimum absolute atomic E-state index is 0.212. The van der Waals surface area contributed by atoms with Crippen molar-refractivity contribution in [3.63, 3.8) is 0 Å². The summed E-state index contributed by atoms with van der Waals surface area (Å²) in [5.74, 6) is -0.475. The molecule has 7 heteroatoms. The predicted molar refractivity (Wildman–Crippen MR) is 98.1 cm³/mol. The molecule has 0 spiro atoms. The third-order valence-electron chi connectivity index (χ3n) is 4.01. The molecule has 0 saturated heterocycles. The smallest absolute Gasteiger partial charge is 0.305 e. The molecule has 6 nitrogen and oxygen atoms in total. The van der Waals surface area contributed by atoms with E-state index in [2.05, 4.69) is 5.32 Å². The fraction of sp³-hybridized carbons (Fsp3) is 0.263. The predicted octanol–water partition coefficient (Wildman–Crippen LogP) is 3.13. The standard InChI is InChI=1S/C19H19NO5S/c1-26-13-7-5-12(6-8-13)15(11-17(21)22)20-19(23)14-3-2-4-16-18(14)25-10-9-24-16/h2-8,15H,9-11H2,1H3,(H,20,23)(H,21,22). The number of hydrogen-bond donors (Lipinski definition) is 2. The Morgan fingerprint density at radius 2 is 1.88 bits per heavy atom. The molecule has 1 atom stereocenters. The summed E-state index contributed by atoms with van der Waals surface area (Å²) in [5.41, 5.74) is 1.07. The monoisotopic (exact) mass is 373 g/mol. The summed E-state index contributed by atoms with van der Waals surface area (Å²) in [6, 6.07) is 11.9. The molecule has 1 heterocycles. The Bertz CT molecular complexity index is 806. The number of carbonyl (C=O) groups excluding carboxylic acids is 1. The molecule has 0 saturated carbocycles. The number of hydrogen-bond acceptors (Lipinski definition) is 5. The molecule has 26 heavy (non-hydrogen) atoms. The van der Waals surface area contributed by atoms with E-state index in [1.165, 1.54) is 0 Å². The number of carboxylic acid groups (broad SMARTS) is 1. The lowest BCUT2D eigenvalue weighted by molar-refractivity contribution is -0.137. The van der Waals surface area contributed by atoms with Gasteiger partial charge in [0.2, 0.25) is 0 Å². The summed E-state index contributed by atoms with van der Waals surface area (Å²) >= 11 is 1.60. The van der Waals surface area contributed by atoms with Crippen molar-refractivity contribution in [2.45, 2.75) is 17.4 Å². The molecular weight excluding hydrogens is 354 g/mol. The molecule has 3 rings (SSSR count). The Balaban J connectivity index is 1.84. The minimum Gasteiger partial charge on any atom is -0.486 e. The number of nitrogens with one attached hydrogen (secondary N) is 1. The van der Waals surface area contributed by atoms with Crippen LogP contribution in [-0.4, -0.2) is 36.5 Å². The average Bonchev–Trinajstić information content (AvgIpc) is 2.66. The number of aliphatic carboxylic acids is 1. The highest BCUT2D eigenvalue weighted by molar-refractivity contribution is 7.98. The van der Waals surface area contributed by atoms with E-state index in [9.17, 15) is 14.7 Å². The van der Waals surface area contributed by atoms with E-state index in [4.69, 9.17) is 9.47 Å². The fourth-order valence-electron chi connectivity index (χ4n) is 2.75. The summed E-state index contributed by atoms with van der Waals surface area (Å²) in [4.78, 5) is 25.1. The fourth-order valence-corrected chi connectivity index (χ4v) is 3.16. The highest BCUT2D eigenvalue weighted by atomic mass is 32.2. The highest BCUT2D eigenvalue weighted by Crippen LogP contribution is 2.34. The second-order valence-corrected chi connectivity index (χ2v) is 6.61. The zero-order valence-corrected chi connectivity index (χ0v) is 15.0. The van der Waals surface area contributed by atoms with Crippen molar-refractivity contribution in [3.05, 3.63) is 53.6 Å².